The van der Waals surface area contributed by atoms with Crippen LogP contribution in [-0.2, 0) is 9.59 Å². The van der Waals surface area contributed by atoms with Crippen LogP contribution in [-0.4, -0.2) is 22.5 Å². The summed E-state index contributed by atoms with van der Waals surface area (Å²) in [6.07, 6.45) is 0.690. The molecule has 0 aliphatic rings. The van der Waals surface area contributed by atoms with Gasteiger partial charge in [-0.25, -0.2) is 4.79 Å². The SMILES string of the molecule is CCC(CC)(NC(=O)C(C)c1ccc(Cl)cc1)C(=O)O. The Hall–Kier alpha value is -1.55. The summed E-state index contributed by atoms with van der Waals surface area (Å²) in [5.74, 6) is -1.72. The first kappa shape index (κ1) is 16.5. The van der Waals surface area contributed by atoms with Crippen molar-refractivity contribution in [2.75, 3.05) is 0 Å². The first-order valence-corrected chi connectivity index (χ1v) is 7.05. The summed E-state index contributed by atoms with van der Waals surface area (Å²) in [6.45, 7) is 5.26. The molecular weight excluding hydrogens is 278 g/mol. The normalized spacial score (nSPS) is 12.8. The minimum Gasteiger partial charge on any atom is -0.480 e. The third-order valence-corrected chi connectivity index (χ3v) is 3.99. The van der Waals surface area contributed by atoms with Crippen LogP contribution in [0.5, 0.6) is 0 Å². The topological polar surface area (TPSA) is 66.4 Å². The summed E-state index contributed by atoms with van der Waals surface area (Å²) in [5, 5.41) is 12.6. The number of carboxylic acid groups (broad SMARTS) is 1. The van der Waals surface area contributed by atoms with Gasteiger partial charge in [0.15, 0.2) is 0 Å². The molecule has 1 aromatic carbocycles. The monoisotopic (exact) mass is 297 g/mol. The molecule has 0 radical (unpaired) electrons. The van der Waals surface area contributed by atoms with Crippen molar-refractivity contribution >= 4 is 23.5 Å². The summed E-state index contributed by atoms with van der Waals surface area (Å²) < 4.78 is 0. The zero-order valence-electron chi connectivity index (χ0n) is 11.9. The molecule has 4 nitrogen and oxygen atoms in total. The lowest BCUT2D eigenvalue weighted by molar-refractivity contribution is -0.148. The molecule has 0 bridgehead atoms. The van der Waals surface area contributed by atoms with E-state index in [-0.39, 0.29) is 5.91 Å². The van der Waals surface area contributed by atoms with Gasteiger partial charge < -0.3 is 10.4 Å². The molecule has 0 spiro atoms. The fourth-order valence-electron chi connectivity index (χ4n) is 2.03. The standard InChI is InChI=1S/C15H20ClNO3/c1-4-15(5-2,14(19)20)17-13(18)10(3)11-6-8-12(16)9-7-11/h6-10H,4-5H2,1-3H3,(H,17,18)(H,19,20). The number of hydrogen-bond donors (Lipinski definition) is 2. The predicted octanol–water partition coefficient (Wildman–Crippen LogP) is 3.20. The summed E-state index contributed by atoms with van der Waals surface area (Å²) in [6, 6.07) is 6.97. The van der Waals surface area contributed by atoms with Crippen molar-refractivity contribution in [3.05, 3.63) is 34.9 Å². The largest absolute Gasteiger partial charge is 0.480 e. The molecule has 2 N–H and O–H groups in total. The number of aliphatic carboxylic acids is 1. The fraction of sp³-hybridized carbons (Fsp3) is 0.467. The number of halogens is 1. The van der Waals surface area contributed by atoms with Crippen LogP contribution in [0.1, 0.15) is 45.1 Å². The highest BCUT2D eigenvalue weighted by atomic mass is 35.5. The van der Waals surface area contributed by atoms with Gasteiger partial charge in [-0.2, -0.15) is 0 Å². The third kappa shape index (κ3) is 3.51. The summed E-state index contributed by atoms with van der Waals surface area (Å²) >= 11 is 5.81. The Morgan fingerprint density at radius 2 is 1.75 bits per heavy atom. The number of benzene rings is 1. The van der Waals surface area contributed by atoms with Gasteiger partial charge in [-0.3, -0.25) is 4.79 Å². The van der Waals surface area contributed by atoms with E-state index in [9.17, 15) is 14.7 Å². The fourth-order valence-corrected chi connectivity index (χ4v) is 2.16. The van der Waals surface area contributed by atoms with Gasteiger partial charge in [0.25, 0.3) is 0 Å². The molecule has 0 aliphatic heterocycles. The number of carbonyl (C=O) groups is 2. The smallest absolute Gasteiger partial charge is 0.329 e. The minimum absolute atomic E-state index is 0.293. The van der Waals surface area contributed by atoms with Crippen molar-refractivity contribution in [1.82, 2.24) is 5.32 Å². The Morgan fingerprint density at radius 3 is 2.15 bits per heavy atom. The van der Waals surface area contributed by atoms with Crippen molar-refractivity contribution in [2.45, 2.75) is 45.1 Å². The maximum Gasteiger partial charge on any atom is 0.329 e. The van der Waals surface area contributed by atoms with E-state index < -0.39 is 17.4 Å². The molecule has 0 heterocycles. The number of amides is 1. The molecule has 1 atom stereocenters. The van der Waals surface area contributed by atoms with Crippen molar-refractivity contribution in [2.24, 2.45) is 0 Å². The van der Waals surface area contributed by atoms with Crippen LogP contribution < -0.4 is 5.32 Å². The first-order chi connectivity index (χ1) is 9.36. The molecule has 0 saturated carbocycles. The summed E-state index contributed by atoms with van der Waals surface area (Å²) in [5.41, 5.74) is -0.393. The molecule has 1 unspecified atom stereocenters. The predicted molar refractivity (Wildman–Crippen MR) is 79.0 cm³/mol. The Labute approximate surface area is 124 Å². The van der Waals surface area contributed by atoms with Gasteiger partial charge in [0.2, 0.25) is 5.91 Å². The van der Waals surface area contributed by atoms with Crippen LogP contribution in [0.2, 0.25) is 5.02 Å². The second-order valence-corrected chi connectivity index (χ2v) is 5.29. The summed E-state index contributed by atoms with van der Waals surface area (Å²) in [7, 11) is 0. The number of nitrogens with one attached hydrogen (secondary N) is 1. The van der Waals surface area contributed by atoms with Crippen molar-refractivity contribution in [1.29, 1.82) is 0 Å². The molecule has 1 amide bonds. The van der Waals surface area contributed by atoms with Gasteiger partial charge in [0, 0.05) is 5.02 Å². The molecule has 20 heavy (non-hydrogen) atoms. The van der Waals surface area contributed by atoms with Gasteiger partial charge in [0.05, 0.1) is 5.92 Å². The molecule has 1 aromatic rings. The number of hydrogen-bond acceptors (Lipinski definition) is 2. The average molecular weight is 298 g/mol. The van der Waals surface area contributed by atoms with Gasteiger partial charge in [0.1, 0.15) is 5.54 Å². The van der Waals surface area contributed by atoms with Crippen molar-refractivity contribution < 1.29 is 14.7 Å². The lowest BCUT2D eigenvalue weighted by Crippen LogP contribution is -2.54. The lowest BCUT2D eigenvalue weighted by Gasteiger charge is -2.29. The van der Waals surface area contributed by atoms with E-state index in [2.05, 4.69) is 5.32 Å². The van der Waals surface area contributed by atoms with Gasteiger partial charge >= 0.3 is 5.97 Å². The van der Waals surface area contributed by atoms with Crippen LogP contribution in [0.25, 0.3) is 0 Å². The maximum absolute atomic E-state index is 12.3. The van der Waals surface area contributed by atoms with Crippen LogP contribution in [0, 0.1) is 0 Å². The average Bonchev–Trinajstić information content (AvgIpc) is 2.44. The van der Waals surface area contributed by atoms with Crippen LogP contribution >= 0.6 is 11.6 Å². The van der Waals surface area contributed by atoms with E-state index in [1.807, 2.05) is 0 Å². The Morgan fingerprint density at radius 1 is 1.25 bits per heavy atom. The second kappa shape index (κ2) is 6.75. The molecule has 0 aliphatic carbocycles. The minimum atomic E-state index is -1.20. The lowest BCUT2D eigenvalue weighted by atomic mass is 9.91. The zero-order valence-corrected chi connectivity index (χ0v) is 12.7. The molecule has 0 fully saturated rings. The molecule has 110 valence electrons. The van der Waals surface area contributed by atoms with E-state index in [1.165, 1.54) is 0 Å². The quantitative estimate of drug-likeness (QED) is 0.847. The van der Waals surface area contributed by atoms with E-state index in [1.54, 1.807) is 45.0 Å². The van der Waals surface area contributed by atoms with E-state index >= 15 is 0 Å². The van der Waals surface area contributed by atoms with E-state index in [4.69, 9.17) is 11.6 Å². The van der Waals surface area contributed by atoms with Gasteiger partial charge in [-0.05, 0) is 37.5 Å². The van der Waals surface area contributed by atoms with E-state index in [0.717, 1.165) is 5.56 Å². The molecule has 5 heteroatoms. The molecule has 0 saturated heterocycles. The third-order valence-electron chi connectivity index (χ3n) is 3.74. The van der Waals surface area contributed by atoms with Gasteiger partial charge in [-0.1, -0.05) is 37.6 Å². The van der Waals surface area contributed by atoms with Crippen LogP contribution in [0.4, 0.5) is 0 Å². The molecule has 1 rings (SSSR count). The van der Waals surface area contributed by atoms with Crippen LogP contribution in [0.15, 0.2) is 24.3 Å². The Bertz CT molecular complexity index is 480. The Kier molecular flexibility index (Phi) is 5.57. The highest BCUT2D eigenvalue weighted by molar-refractivity contribution is 6.30. The highest BCUT2D eigenvalue weighted by Gasteiger charge is 2.37. The molecule has 0 aromatic heterocycles. The second-order valence-electron chi connectivity index (χ2n) is 4.86. The zero-order chi connectivity index (χ0) is 15.3. The van der Waals surface area contributed by atoms with Gasteiger partial charge in [-0.15, -0.1) is 0 Å². The summed E-state index contributed by atoms with van der Waals surface area (Å²) in [4.78, 5) is 23.6. The molecular formula is C15H20ClNO3. The van der Waals surface area contributed by atoms with Crippen LogP contribution in [0.3, 0.4) is 0 Å². The Balaban J connectivity index is 2.89. The van der Waals surface area contributed by atoms with Crippen molar-refractivity contribution in [3.63, 3.8) is 0 Å². The highest BCUT2D eigenvalue weighted by Crippen LogP contribution is 2.21. The van der Waals surface area contributed by atoms with Crippen molar-refractivity contribution in [3.8, 4) is 0 Å². The van der Waals surface area contributed by atoms with E-state index in [0.29, 0.717) is 17.9 Å². The first-order valence-electron chi connectivity index (χ1n) is 6.67. The number of carboxylic acids is 1. The number of rotatable bonds is 6. The maximum atomic E-state index is 12.3. The number of carbonyl (C=O) groups excluding carboxylic acids is 1.